The standard InChI is InChI=1S/C24H22OS3/c1-2-13-25-14-5-6-17-10-12-20(26-17)16-9-11-19-22(15-16)28-23-18-7-3-4-8-21(18)27-24(19)23/h3-4,7-12,15H,2,5-6,13-14H2,1H3. The summed E-state index contributed by atoms with van der Waals surface area (Å²) in [7, 11) is 0. The Kier molecular flexibility index (Phi) is 5.20. The second-order valence-corrected chi connectivity index (χ2v) is 10.3. The Morgan fingerprint density at radius 1 is 0.786 bits per heavy atom. The number of fused-ring (bicyclic) bond motifs is 5. The van der Waals surface area contributed by atoms with Crippen LogP contribution in [0.15, 0.2) is 54.6 Å². The lowest BCUT2D eigenvalue weighted by Crippen LogP contribution is -1.96. The van der Waals surface area contributed by atoms with Crippen molar-refractivity contribution < 1.29 is 4.74 Å². The minimum Gasteiger partial charge on any atom is -0.381 e. The Bertz CT molecular complexity index is 1240. The minimum absolute atomic E-state index is 0.868. The number of benzene rings is 2. The van der Waals surface area contributed by atoms with Crippen molar-refractivity contribution >= 4 is 63.6 Å². The maximum Gasteiger partial charge on any atom is 0.0542 e. The van der Waals surface area contributed by atoms with Gasteiger partial charge in [-0.1, -0.05) is 37.3 Å². The molecule has 0 aliphatic carbocycles. The van der Waals surface area contributed by atoms with E-state index in [4.69, 9.17) is 4.74 Å². The highest BCUT2D eigenvalue weighted by Crippen LogP contribution is 2.45. The number of ether oxygens (including phenoxy) is 1. The first-order chi connectivity index (χ1) is 13.8. The molecular weight excluding hydrogens is 400 g/mol. The molecule has 3 heterocycles. The smallest absolute Gasteiger partial charge is 0.0542 e. The zero-order chi connectivity index (χ0) is 18.9. The van der Waals surface area contributed by atoms with Crippen molar-refractivity contribution in [1.29, 1.82) is 0 Å². The van der Waals surface area contributed by atoms with E-state index < -0.39 is 0 Å². The molecule has 1 nitrogen and oxygen atoms in total. The summed E-state index contributed by atoms with van der Waals surface area (Å²) in [5.41, 5.74) is 1.34. The van der Waals surface area contributed by atoms with E-state index in [1.165, 1.54) is 44.9 Å². The largest absolute Gasteiger partial charge is 0.381 e. The monoisotopic (exact) mass is 422 g/mol. The van der Waals surface area contributed by atoms with Crippen molar-refractivity contribution in [3.8, 4) is 10.4 Å². The van der Waals surface area contributed by atoms with Crippen LogP contribution in [0.1, 0.15) is 24.6 Å². The normalized spacial score (nSPS) is 11.9. The Balaban J connectivity index is 1.41. The van der Waals surface area contributed by atoms with Gasteiger partial charge < -0.3 is 4.74 Å². The zero-order valence-electron chi connectivity index (χ0n) is 15.9. The van der Waals surface area contributed by atoms with E-state index in [0.29, 0.717) is 0 Å². The highest BCUT2D eigenvalue weighted by atomic mass is 32.1. The van der Waals surface area contributed by atoms with Gasteiger partial charge in [0.25, 0.3) is 0 Å². The van der Waals surface area contributed by atoms with Crippen molar-refractivity contribution in [1.82, 2.24) is 0 Å². The molecule has 0 unspecified atom stereocenters. The van der Waals surface area contributed by atoms with Gasteiger partial charge in [-0.25, -0.2) is 0 Å². The molecule has 0 aliphatic heterocycles. The molecule has 142 valence electrons. The average Bonchev–Trinajstić information content (AvgIpc) is 3.41. The van der Waals surface area contributed by atoms with Crippen LogP contribution in [-0.2, 0) is 11.2 Å². The SMILES string of the molecule is CCCOCCCc1ccc(-c2ccc3c(c2)sc2c4ccccc4sc32)s1. The first kappa shape index (κ1) is 18.3. The summed E-state index contributed by atoms with van der Waals surface area (Å²) in [4.78, 5) is 2.82. The van der Waals surface area contributed by atoms with Crippen molar-refractivity contribution in [3.05, 3.63) is 59.5 Å². The van der Waals surface area contributed by atoms with E-state index in [2.05, 4.69) is 61.5 Å². The van der Waals surface area contributed by atoms with E-state index in [1.807, 2.05) is 34.0 Å². The third kappa shape index (κ3) is 3.39. The maximum absolute atomic E-state index is 5.60. The molecule has 28 heavy (non-hydrogen) atoms. The van der Waals surface area contributed by atoms with Gasteiger partial charge in [0, 0.05) is 43.1 Å². The summed E-state index contributed by atoms with van der Waals surface area (Å²) in [6, 6.07) is 20.3. The molecule has 0 saturated heterocycles. The summed E-state index contributed by atoms with van der Waals surface area (Å²) < 4.78 is 11.3. The molecule has 0 N–H and O–H groups in total. The van der Waals surface area contributed by atoms with Gasteiger partial charge >= 0.3 is 0 Å². The minimum atomic E-state index is 0.868. The molecule has 0 bridgehead atoms. The van der Waals surface area contributed by atoms with Crippen LogP contribution in [0, 0.1) is 0 Å². The third-order valence-electron chi connectivity index (χ3n) is 4.99. The number of aryl methyl sites for hydroxylation is 1. The first-order valence-electron chi connectivity index (χ1n) is 9.84. The van der Waals surface area contributed by atoms with Crippen molar-refractivity contribution in [2.45, 2.75) is 26.2 Å². The molecule has 5 rings (SSSR count). The van der Waals surface area contributed by atoms with Gasteiger partial charge in [0.15, 0.2) is 0 Å². The van der Waals surface area contributed by atoms with Crippen LogP contribution < -0.4 is 0 Å². The molecule has 4 heteroatoms. The third-order valence-corrected chi connectivity index (χ3v) is 8.71. The molecule has 0 spiro atoms. The Labute approximate surface area is 177 Å². The van der Waals surface area contributed by atoms with Crippen molar-refractivity contribution in [3.63, 3.8) is 0 Å². The molecule has 0 aliphatic rings. The summed E-state index contributed by atoms with van der Waals surface area (Å²) in [6.45, 7) is 3.90. The molecule has 3 aromatic heterocycles. The molecule has 0 radical (unpaired) electrons. The summed E-state index contributed by atoms with van der Waals surface area (Å²) in [6.07, 6.45) is 3.31. The predicted octanol–water partition coefficient (Wildman–Crippen LogP) is 8.36. The molecular formula is C24H22OS3. The molecule has 5 aromatic rings. The quantitative estimate of drug-likeness (QED) is 0.239. The predicted molar refractivity (Wildman–Crippen MR) is 127 cm³/mol. The fourth-order valence-electron chi connectivity index (χ4n) is 3.62. The zero-order valence-corrected chi connectivity index (χ0v) is 18.3. The summed E-state index contributed by atoms with van der Waals surface area (Å²) in [5, 5.41) is 2.80. The molecule has 0 amide bonds. The second kappa shape index (κ2) is 7.96. The van der Waals surface area contributed by atoms with Crippen LogP contribution in [0.25, 0.3) is 40.0 Å². The Hall–Kier alpha value is -1.72. The van der Waals surface area contributed by atoms with E-state index in [-0.39, 0.29) is 0 Å². The van der Waals surface area contributed by atoms with Gasteiger partial charge in [-0.15, -0.1) is 34.0 Å². The van der Waals surface area contributed by atoms with Crippen LogP contribution in [0.4, 0.5) is 0 Å². The van der Waals surface area contributed by atoms with Gasteiger partial charge in [-0.3, -0.25) is 0 Å². The van der Waals surface area contributed by atoms with Gasteiger partial charge in [0.05, 0.1) is 9.40 Å². The van der Waals surface area contributed by atoms with E-state index >= 15 is 0 Å². The van der Waals surface area contributed by atoms with Crippen LogP contribution in [0.2, 0.25) is 0 Å². The summed E-state index contributed by atoms with van der Waals surface area (Å²) >= 11 is 5.77. The lowest BCUT2D eigenvalue weighted by molar-refractivity contribution is 0.133. The highest BCUT2D eigenvalue weighted by Gasteiger charge is 2.13. The van der Waals surface area contributed by atoms with Gasteiger partial charge in [0.2, 0.25) is 0 Å². The molecule has 0 saturated carbocycles. The molecule has 0 fully saturated rings. The lowest BCUT2D eigenvalue weighted by atomic mass is 10.1. The van der Waals surface area contributed by atoms with Crippen LogP contribution in [0.5, 0.6) is 0 Å². The maximum atomic E-state index is 5.60. The fourth-order valence-corrected chi connectivity index (χ4v) is 7.36. The van der Waals surface area contributed by atoms with Crippen LogP contribution in [0.3, 0.4) is 0 Å². The number of thiophene rings is 3. The van der Waals surface area contributed by atoms with Gasteiger partial charge in [0.1, 0.15) is 0 Å². The second-order valence-electron chi connectivity index (χ2n) is 7.05. The number of rotatable bonds is 7. The number of hydrogen-bond acceptors (Lipinski definition) is 4. The Morgan fingerprint density at radius 3 is 2.50 bits per heavy atom. The number of hydrogen-bond donors (Lipinski definition) is 0. The molecule has 0 atom stereocenters. The van der Waals surface area contributed by atoms with E-state index in [0.717, 1.165) is 32.5 Å². The highest BCUT2D eigenvalue weighted by molar-refractivity contribution is 7.36. The Morgan fingerprint density at radius 2 is 1.61 bits per heavy atom. The lowest BCUT2D eigenvalue weighted by Gasteiger charge is -2.01. The van der Waals surface area contributed by atoms with E-state index in [1.54, 1.807) is 0 Å². The van der Waals surface area contributed by atoms with Gasteiger partial charge in [-0.2, -0.15) is 0 Å². The first-order valence-corrected chi connectivity index (χ1v) is 12.3. The van der Waals surface area contributed by atoms with Crippen LogP contribution in [-0.4, -0.2) is 13.2 Å². The fraction of sp³-hybridized carbons (Fsp3) is 0.250. The van der Waals surface area contributed by atoms with Crippen molar-refractivity contribution in [2.24, 2.45) is 0 Å². The van der Waals surface area contributed by atoms with Crippen molar-refractivity contribution in [2.75, 3.05) is 13.2 Å². The summed E-state index contributed by atoms with van der Waals surface area (Å²) in [5.74, 6) is 0. The van der Waals surface area contributed by atoms with E-state index in [9.17, 15) is 0 Å². The topological polar surface area (TPSA) is 9.23 Å². The average molecular weight is 423 g/mol. The van der Waals surface area contributed by atoms with Gasteiger partial charge in [-0.05, 0) is 49.1 Å². The molecule has 2 aromatic carbocycles. The van der Waals surface area contributed by atoms with Crippen LogP contribution >= 0.6 is 34.0 Å².